The molecule has 0 saturated carbocycles. The van der Waals surface area contributed by atoms with Crippen LogP contribution in [0, 0.1) is 5.92 Å². The van der Waals surface area contributed by atoms with E-state index in [9.17, 15) is 9.59 Å². The van der Waals surface area contributed by atoms with Gasteiger partial charge < -0.3 is 10.2 Å². The lowest BCUT2D eigenvalue weighted by atomic mass is 9.78. The molecule has 126 valence electrons. The van der Waals surface area contributed by atoms with Gasteiger partial charge in [0.1, 0.15) is 0 Å². The van der Waals surface area contributed by atoms with Crippen LogP contribution in [0.2, 0.25) is 0 Å². The molecule has 1 N–H and O–H groups in total. The van der Waals surface area contributed by atoms with Crippen LogP contribution in [0.5, 0.6) is 0 Å². The van der Waals surface area contributed by atoms with Gasteiger partial charge in [-0.1, -0.05) is 44.2 Å². The summed E-state index contributed by atoms with van der Waals surface area (Å²) in [5.41, 5.74) is 1.09. The molecule has 1 aromatic rings. The summed E-state index contributed by atoms with van der Waals surface area (Å²) in [6.07, 6.45) is 1.51. The second-order valence-electron chi connectivity index (χ2n) is 7.10. The number of benzene rings is 1. The van der Waals surface area contributed by atoms with Crippen molar-refractivity contribution in [3.8, 4) is 0 Å². The quantitative estimate of drug-likeness (QED) is 0.928. The van der Waals surface area contributed by atoms with Crippen molar-refractivity contribution in [2.24, 2.45) is 5.92 Å². The Morgan fingerprint density at radius 3 is 2.26 bits per heavy atom. The van der Waals surface area contributed by atoms with Crippen molar-refractivity contribution in [1.29, 1.82) is 0 Å². The second-order valence-corrected chi connectivity index (χ2v) is 7.10. The summed E-state index contributed by atoms with van der Waals surface area (Å²) in [5.74, 6) is 0.228. The predicted octanol–water partition coefficient (Wildman–Crippen LogP) is 2.73. The number of piperidine rings is 1. The number of amides is 2. The molecule has 0 aromatic heterocycles. The summed E-state index contributed by atoms with van der Waals surface area (Å²) in [6.45, 7) is 9.34. The molecule has 1 fully saturated rings. The Hall–Kier alpha value is -1.84. The highest BCUT2D eigenvalue weighted by Gasteiger charge is 2.32. The first kappa shape index (κ1) is 17.5. The highest BCUT2D eigenvalue weighted by atomic mass is 16.2. The highest BCUT2D eigenvalue weighted by molar-refractivity contribution is 5.80. The molecule has 2 rings (SSSR count). The summed E-state index contributed by atoms with van der Waals surface area (Å²) < 4.78 is 0. The maximum absolute atomic E-state index is 12.5. The zero-order valence-electron chi connectivity index (χ0n) is 14.6. The molecule has 1 heterocycles. The van der Waals surface area contributed by atoms with E-state index in [0.29, 0.717) is 13.1 Å². The van der Waals surface area contributed by atoms with E-state index in [1.165, 1.54) is 5.56 Å². The summed E-state index contributed by atoms with van der Waals surface area (Å²) >= 11 is 0. The van der Waals surface area contributed by atoms with Gasteiger partial charge in [-0.3, -0.25) is 9.59 Å². The van der Waals surface area contributed by atoms with Crippen molar-refractivity contribution in [1.82, 2.24) is 10.2 Å². The number of hydrogen-bond acceptors (Lipinski definition) is 2. The molecule has 0 spiro atoms. The minimum Gasteiger partial charge on any atom is -0.353 e. The predicted molar refractivity (Wildman–Crippen MR) is 92.1 cm³/mol. The Morgan fingerprint density at radius 1 is 1.17 bits per heavy atom. The average Bonchev–Trinajstić information content (AvgIpc) is 2.55. The van der Waals surface area contributed by atoms with Crippen molar-refractivity contribution in [2.45, 2.75) is 52.0 Å². The molecule has 0 aliphatic carbocycles. The number of rotatable bonds is 4. The molecule has 0 radical (unpaired) electrons. The number of hydrogen-bond donors (Lipinski definition) is 1. The summed E-state index contributed by atoms with van der Waals surface area (Å²) in [7, 11) is 0. The second kappa shape index (κ2) is 7.16. The maximum Gasteiger partial charge on any atom is 0.223 e. The van der Waals surface area contributed by atoms with E-state index in [4.69, 9.17) is 0 Å². The molecular weight excluding hydrogens is 288 g/mol. The van der Waals surface area contributed by atoms with Crippen LogP contribution in [-0.2, 0) is 15.0 Å². The minimum absolute atomic E-state index is 0.0135. The fourth-order valence-corrected chi connectivity index (χ4v) is 3.09. The van der Waals surface area contributed by atoms with Crippen molar-refractivity contribution in [2.75, 3.05) is 13.1 Å². The Labute approximate surface area is 139 Å². The van der Waals surface area contributed by atoms with Crippen LogP contribution in [-0.4, -0.2) is 35.8 Å². The Balaban J connectivity index is 1.94. The van der Waals surface area contributed by atoms with Crippen molar-refractivity contribution in [3.63, 3.8) is 0 Å². The Bertz CT molecular complexity index is 546. The molecule has 0 unspecified atom stereocenters. The van der Waals surface area contributed by atoms with Crippen LogP contribution in [0.1, 0.15) is 46.1 Å². The van der Waals surface area contributed by atoms with Crippen molar-refractivity contribution >= 4 is 11.8 Å². The molecule has 1 atom stereocenters. The van der Waals surface area contributed by atoms with E-state index in [-0.39, 0.29) is 29.2 Å². The molecular formula is C19H28N2O2. The van der Waals surface area contributed by atoms with Crippen molar-refractivity contribution in [3.05, 3.63) is 35.9 Å². The molecule has 1 aliphatic heterocycles. The first-order chi connectivity index (χ1) is 10.8. The fourth-order valence-electron chi connectivity index (χ4n) is 3.09. The Morgan fingerprint density at radius 2 is 1.74 bits per heavy atom. The molecule has 1 aliphatic rings. The van der Waals surface area contributed by atoms with E-state index in [1.54, 1.807) is 6.92 Å². The number of carbonyl (C=O) groups is 2. The van der Waals surface area contributed by atoms with E-state index in [2.05, 4.69) is 38.2 Å². The highest BCUT2D eigenvalue weighted by Crippen LogP contribution is 2.27. The van der Waals surface area contributed by atoms with Gasteiger partial charge in [-0.15, -0.1) is 0 Å². The number of likely N-dealkylation sites (tertiary alicyclic amines) is 1. The minimum atomic E-state index is -0.128. The lowest BCUT2D eigenvalue weighted by Crippen LogP contribution is -2.49. The molecule has 4 heteroatoms. The molecule has 0 bridgehead atoms. The van der Waals surface area contributed by atoms with Gasteiger partial charge >= 0.3 is 0 Å². The van der Waals surface area contributed by atoms with Crippen LogP contribution in [0.25, 0.3) is 0 Å². The number of carbonyl (C=O) groups excluding carboxylic acids is 2. The van der Waals surface area contributed by atoms with Gasteiger partial charge in [0.15, 0.2) is 0 Å². The van der Waals surface area contributed by atoms with E-state index >= 15 is 0 Å². The van der Waals surface area contributed by atoms with Gasteiger partial charge in [0, 0.05) is 37.4 Å². The zero-order chi connectivity index (χ0) is 17.0. The van der Waals surface area contributed by atoms with Gasteiger partial charge in [-0.25, -0.2) is 0 Å². The third-order valence-electron chi connectivity index (χ3n) is 5.27. The monoisotopic (exact) mass is 316 g/mol. The smallest absolute Gasteiger partial charge is 0.223 e. The van der Waals surface area contributed by atoms with Crippen LogP contribution < -0.4 is 5.32 Å². The summed E-state index contributed by atoms with van der Waals surface area (Å²) in [4.78, 5) is 25.7. The number of nitrogens with zero attached hydrogens (tertiary/aromatic N) is 1. The van der Waals surface area contributed by atoms with Crippen LogP contribution in [0.4, 0.5) is 0 Å². The van der Waals surface area contributed by atoms with E-state index in [0.717, 1.165) is 12.8 Å². The SMILES string of the molecule is CC(=O)N1CCC(C(=O)N[C@@H](C)C(C)(C)c2ccccc2)CC1. The van der Waals surface area contributed by atoms with Crippen LogP contribution in [0.3, 0.4) is 0 Å². The normalized spacial score (nSPS) is 17.7. The molecule has 23 heavy (non-hydrogen) atoms. The van der Waals surface area contributed by atoms with Crippen molar-refractivity contribution < 1.29 is 9.59 Å². The Kier molecular flexibility index (Phi) is 5.45. The van der Waals surface area contributed by atoms with Crippen LogP contribution in [0.15, 0.2) is 30.3 Å². The molecule has 4 nitrogen and oxygen atoms in total. The maximum atomic E-state index is 12.5. The fraction of sp³-hybridized carbons (Fsp3) is 0.579. The third kappa shape index (κ3) is 4.12. The molecule has 2 amide bonds. The zero-order valence-corrected chi connectivity index (χ0v) is 14.6. The van der Waals surface area contributed by atoms with Gasteiger partial charge in [-0.05, 0) is 25.3 Å². The lowest BCUT2D eigenvalue weighted by Gasteiger charge is -2.36. The first-order valence-corrected chi connectivity index (χ1v) is 8.43. The van der Waals surface area contributed by atoms with Crippen LogP contribution >= 0.6 is 0 Å². The van der Waals surface area contributed by atoms with Gasteiger partial charge in [0.05, 0.1) is 0 Å². The van der Waals surface area contributed by atoms with Gasteiger partial charge in [0.25, 0.3) is 0 Å². The van der Waals surface area contributed by atoms with Gasteiger partial charge in [0.2, 0.25) is 11.8 Å². The summed E-state index contributed by atoms with van der Waals surface area (Å²) in [6, 6.07) is 10.3. The topological polar surface area (TPSA) is 49.4 Å². The summed E-state index contributed by atoms with van der Waals surface area (Å²) in [5, 5.41) is 3.19. The largest absolute Gasteiger partial charge is 0.353 e. The molecule has 1 aromatic carbocycles. The first-order valence-electron chi connectivity index (χ1n) is 8.43. The standard InChI is InChI=1S/C19H28N2O2/c1-14(19(3,4)17-8-6-5-7-9-17)20-18(23)16-10-12-21(13-11-16)15(2)22/h5-9,14,16H,10-13H2,1-4H3,(H,20,23)/t14-/m0/s1. The third-order valence-corrected chi connectivity index (χ3v) is 5.27. The lowest BCUT2D eigenvalue weighted by molar-refractivity contribution is -0.134. The molecule has 1 saturated heterocycles. The number of nitrogens with one attached hydrogen (secondary N) is 1. The average molecular weight is 316 g/mol. The van der Waals surface area contributed by atoms with Gasteiger partial charge in [-0.2, -0.15) is 0 Å². The van der Waals surface area contributed by atoms with E-state index < -0.39 is 0 Å². The van der Waals surface area contributed by atoms with E-state index in [1.807, 2.05) is 23.1 Å².